The van der Waals surface area contributed by atoms with Crippen LogP contribution in [0.5, 0.6) is 0 Å². The molecule has 0 saturated carbocycles. The highest BCUT2D eigenvalue weighted by molar-refractivity contribution is 8.13. The van der Waals surface area contributed by atoms with E-state index in [2.05, 4.69) is 0 Å². The Labute approximate surface area is 128 Å². The monoisotopic (exact) mass is 338 g/mol. The first kappa shape index (κ1) is 17.3. The molecule has 0 fully saturated rings. The SMILES string of the molecule is Cc1c(Cl)cc(C(=O)OC(C)C(C)C)cc1S(=O)(=O)Cl. The van der Waals surface area contributed by atoms with Gasteiger partial charge in [0, 0.05) is 15.7 Å². The second-order valence-corrected chi connectivity index (χ2v) is 7.82. The molecule has 0 N–H and O–H groups in total. The number of rotatable bonds is 4. The van der Waals surface area contributed by atoms with Crippen LogP contribution in [0.3, 0.4) is 0 Å². The highest BCUT2D eigenvalue weighted by Gasteiger charge is 2.21. The van der Waals surface area contributed by atoms with Gasteiger partial charge in [-0.1, -0.05) is 25.4 Å². The van der Waals surface area contributed by atoms with Gasteiger partial charge in [-0.2, -0.15) is 0 Å². The van der Waals surface area contributed by atoms with Crippen molar-refractivity contribution >= 4 is 37.3 Å². The van der Waals surface area contributed by atoms with Gasteiger partial charge in [-0.15, -0.1) is 0 Å². The predicted molar refractivity (Wildman–Crippen MR) is 78.9 cm³/mol. The highest BCUT2D eigenvalue weighted by Crippen LogP contribution is 2.28. The number of ether oxygens (including phenoxy) is 1. The Morgan fingerprint density at radius 3 is 2.25 bits per heavy atom. The molecule has 1 atom stereocenters. The zero-order valence-corrected chi connectivity index (χ0v) is 13.9. The molecule has 0 aliphatic rings. The summed E-state index contributed by atoms with van der Waals surface area (Å²) >= 11 is 5.94. The topological polar surface area (TPSA) is 60.4 Å². The minimum Gasteiger partial charge on any atom is -0.459 e. The van der Waals surface area contributed by atoms with E-state index in [0.717, 1.165) is 0 Å². The number of halogens is 2. The number of hydrogen-bond donors (Lipinski definition) is 0. The summed E-state index contributed by atoms with van der Waals surface area (Å²) in [5, 5.41) is 0.149. The van der Waals surface area contributed by atoms with Crippen LogP contribution in [0.15, 0.2) is 17.0 Å². The van der Waals surface area contributed by atoms with Gasteiger partial charge in [-0.05, 0) is 37.5 Å². The van der Waals surface area contributed by atoms with E-state index in [1.807, 2.05) is 13.8 Å². The van der Waals surface area contributed by atoms with Crippen LogP contribution in [0, 0.1) is 12.8 Å². The number of esters is 1. The summed E-state index contributed by atoms with van der Waals surface area (Å²) in [6.45, 7) is 7.10. The summed E-state index contributed by atoms with van der Waals surface area (Å²) in [5.74, 6) is -0.481. The Bertz CT molecular complexity index is 624. The standard InChI is InChI=1S/C13H16Cl2O4S/c1-7(2)9(4)19-13(16)10-5-11(14)8(3)12(6-10)20(15,17)18/h5-7,9H,1-4H3. The van der Waals surface area contributed by atoms with Gasteiger partial charge in [0.25, 0.3) is 9.05 Å². The van der Waals surface area contributed by atoms with Crippen LogP contribution in [0.25, 0.3) is 0 Å². The van der Waals surface area contributed by atoms with E-state index in [0.29, 0.717) is 5.56 Å². The molecule has 0 aliphatic carbocycles. The molecule has 0 saturated heterocycles. The molecule has 0 heterocycles. The molecule has 0 aliphatic heterocycles. The van der Waals surface area contributed by atoms with E-state index in [1.165, 1.54) is 19.1 Å². The zero-order chi connectivity index (χ0) is 15.7. The maximum Gasteiger partial charge on any atom is 0.338 e. The van der Waals surface area contributed by atoms with Crippen LogP contribution in [0.1, 0.15) is 36.7 Å². The predicted octanol–water partition coefficient (Wildman–Crippen LogP) is 3.78. The lowest BCUT2D eigenvalue weighted by Crippen LogP contribution is -2.20. The van der Waals surface area contributed by atoms with E-state index >= 15 is 0 Å². The van der Waals surface area contributed by atoms with E-state index in [9.17, 15) is 13.2 Å². The second kappa shape index (κ2) is 6.33. The third kappa shape index (κ3) is 4.11. The summed E-state index contributed by atoms with van der Waals surface area (Å²) in [5.41, 5.74) is 0.363. The first-order valence-corrected chi connectivity index (χ1v) is 8.68. The van der Waals surface area contributed by atoms with Crippen molar-refractivity contribution in [2.45, 2.75) is 38.7 Å². The molecule has 0 bridgehead atoms. The van der Waals surface area contributed by atoms with E-state index in [-0.39, 0.29) is 27.5 Å². The van der Waals surface area contributed by atoms with Crippen LogP contribution in [-0.4, -0.2) is 20.5 Å². The molecule has 0 aromatic heterocycles. The molecule has 20 heavy (non-hydrogen) atoms. The van der Waals surface area contributed by atoms with Crippen LogP contribution in [0.4, 0.5) is 0 Å². The summed E-state index contributed by atoms with van der Waals surface area (Å²) in [6.07, 6.45) is -0.293. The summed E-state index contributed by atoms with van der Waals surface area (Å²) in [7, 11) is 1.35. The van der Waals surface area contributed by atoms with Gasteiger partial charge in [0.05, 0.1) is 10.5 Å². The fourth-order valence-electron chi connectivity index (χ4n) is 1.40. The Hall–Kier alpha value is -0.780. The molecule has 1 aromatic carbocycles. The van der Waals surface area contributed by atoms with Crippen LogP contribution < -0.4 is 0 Å². The lowest BCUT2D eigenvalue weighted by molar-refractivity contribution is 0.0237. The Balaban J connectivity index is 3.21. The first-order chi connectivity index (χ1) is 9.04. The number of carbonyl (C=O) groups excluding carboxylic acids is 1. The molecular formula is C13H16Cl2O4S. The molecule has 4 nitrogen and oxygen atoms in total. The second-order valence-electron chi connectivity index (χ2n) is 4.87. The van der Waals surface area contributed by atoms with Crippen molar-refractivity contribution in [3.05, 3.63) is 28.3 Å². The van der Waals surface area contributed by atoms with Crippen molar-refractivity contribution in [3.63, 3.8) is 0 Å². The van der Waals surface area contributed by atoms with Gasteiger partial charge in [-0.3, -0.25) is 0 Å². The smallest absolute Gasteiger partial charge is 0.338 e. The van der Waals surface area contributed by atoms with E-state index in [1.54, 1.807) is 6.92 Å². The maximum atomic E-state index is 12.0. The van der Waals surface area contributed by atoms with Gasteiger partial charge in [-0.25, -0.2) is 13.2 Å². The van der Waals surface area contributed by atoms with Crippen molar-refractivity contribution in [2.24, 2.45) is 5.92 Å². The lowest BCUT2D eigenvalue weighted by Gasteiger charge is -2.17. The Kier molecular flexibility index (Phi) is 5.46. The van der Waals surface area contributed by atoms with Crippen molar-refractivity contribution < 1.29 is 17.9 Å². The third-order valence-electron chi connectivity index (χ3n) is 3.03. The first-order valence-electron chi connectivity index (χ1n) is 5.99. The van der Waals surface area contributed by atoms with Gasteiger partial charge < -0.3 is 4.74 Å². The fourth-order valence-corrected chi connectivity index (χ4v) is 2.90. The summed E-state index contributed by atoms with van der Waals surface area (Å²) < 4.78 is 28.2. The molecule has 0 spiro atoms. The third-order valence-corrected chi connectivity index (χ3v) is 4.87. The van der Waals surface area contributed by atoms with E-state index < -0.39 is 15.0 Å². The molecule has 1 aromatic rings. The van der Waals surface area contributed by atoms with Crippen LogP contribution >= 0.6 is 22.3 Å². The zero-order valence-electron chi connectivity index (χ0n) is 11.6. The van der Waals surface area contributed by atoms with Gasteiger partial charge in [0.2, 0.25) is 0 Å². The number of carbonyl (C=O) groups is 1. The Morgan fingerprint density at radius 1 is 1.25 bits per heavy atom. The highest BCUT2D eigenvalue weighted by atomic mass is 35.7. The molecule has 7 heteroatoms. The minimum absolute atomic E-state index is 0.0623. The van der Waals surface area contributed by atoms with Crippen molar-refractivity contribution in [2.75, 3.05) is 0 Å². The summed E-state index contributed by atoms with van der Waals surface area (Å²) in [4.78, 5) is 11.8. The van der Waals surface area contributed by atoms with Gasteiger partial charge in [0.15, 0.2) is 0 Å². The average molecular weight is 339 g/mol. The quantitative estimate of drug-likeness (QED) is 0.619. The van der Waals surface area contributed by atoms with Gasteiger partial charge in [0.1, 0.15) is 6.10 Å². The van der Waals surface area contributed by atoms with Crippen molar-refractivity contribution in [3.8, 4) is 0 Å². The van der Waals surface area contributed by atoms with Gasteiger partial charge >= 0.3 is 5.97 Å². The molecule has 0 amide bonds. The average Bonchev–Trinajstić information content (AvgIpc) is 2.30. The van der Waals surface area contributed by atoms with Crippen LogP contribution in [0.2, 0.25) is 5.02 Å². The number of benzene rings is 1. The molecular weight excluding hydrogens is 323 g/mol. The van der Waals surface area contributed by atoms with Crippen molar-refractivity contribution in [1.29, 1.82) is 0 Å². The summed E-state index contributed by atoms with van der Waals surface area (Å²) in [6, 6.07) is 2.55. The maximum absolute atomic E-state index is 12.0. The van der Waals surface area contributed by atoms with E-state index in [4.69, 9.17) is 27.0 Å². The lowest BCUT2D eigenvalue weighted by atomic mass is 10.1. The largest absolute Gasteiger partial charge is 0.459 e. The van der Waals surface area contributed by atoms with Crippen LogP contribution in [-0.2, 0) is 13.8 Å². The normalized spacial score (nSPS) is 13.3. The van der Waals surface area contributed by atoms with Crippen molar-refractivity contribution in [1.82, 2.24) is 0 Å². The molecule has 112 valence electrons. The Morgan fingerprint density at radius 2 is 1.80 bits per heavy atom. The fraction of sp³-hybridized carbons (Fsp3) is 0.462. The molecule has 1 rings (SSSR count). The molecule has 1 unspecified atom stereocenters. The minimum atomic E-state index is -3.98. The molecule has 0 radical (unpaired) electrons. The number of hydrogen-bond acceptors (Lipinski definition) is 4.